The molecule has 0 radical (unpaired) electrons. The molecule has 15 heavy (non-hydrogen) atoms. The number of hydrogen-bond acceptors (Lipinski definition) is 4. The van der Waals surface area contributed by atoms with Gasteiger partial charge in [0.05, 0.1) is 17.7 Å². The molecule has 0 aliphatic carbocycles. The van der Waals surface area contributed by atoms with E-state index in [2.05, 4.69) is 4.84 Å². The van der Waals surface area contributed by atoms with Crippen molar-refractivity contribution in [1.82, 2.24) is 4.47 Å². The Morgan fingerprint density at radius 2 is 2.07 bits per heavy atom. The van der Waals surface area contributed by atoms with Crippen molar-refractivity contribution >= 4 is 15.7 Å². The molecular formula is C8H11FN2O3S. The fourth-order valence-electron chi connectivity index (χ4n) is 0.929. The maximum absolute atomic E-state index is 12.8. The molecule has 0 saturated heterocycles. The average molecular weight is 234 g/mol. The second kappa shape index (κ2) is 4.13. The molecule has 0 fully saturated rings. The van der Waals surface area contributed by atoms with E-state index in [4.69, 9.17) is 5.73 Å². The lowest BCUT2D eigenvalue weighted by atomic mass is 10.3. The lowest BCUT2D eigenvalue weighted by molar-refractivity contribution is -0.0258. The van der Waals surface area contributed by atoms with Gasteiger partial charge in [-0.2, -0.15) is 0 Å². The summed E-state index contributed by atoms with van der Waals surface area (Å²) in [5, 5.41) is 0. The highest BCUT2D eigenvalue weighted by atomic mass is 32.2. The maximum Gasteiger partial charge on any atom is 0.264 e. The van der Waals surface area contributed by atoms with E-state index in [-0.39, 0.29) is 10.6 Å². The summed E-state index contributed by atoms with van der Waals surface area (Å²) in [4.78, 5) is 4.43. The third-order valence-corrected chi connectivity index (χ3v) is 3.54. The van der Waals surface area contributed by atoms with Gasteiger partial charge < -0.3 is 5.73 Å². The highest BCUT2D eigenvalue weighted by Gasteiger charge is 2.21. The number of benzene rings is 1. The molecule has 0 spiro atoms. The van der Waals surface area contributed by atoms with E-state index in [9.17, 15) is 12.8 Å². The molecule has 0 aliphatic rings. The molecule has 0 atom stereocenters. The summed E-state index contributed by atoms with van der Waals surface area (Å²) in [5.41, 5.74) is 5.04. The molecule has 84 valence electrons. The van der Waals surface area contributed by atoms with Crippen LogP contribution in [0.3, 0.4) is 0 Å². The van der Waals surface area contributed by atoms with Crippen molar-refractivity contribution in [2.45, 2.75) is 4.90 Å². The lowest BCUT2D eigenvalue weighted by Gasteiger charge is -2.14. The quantitative estimate of drug-likeness (QED) is 0.613. The molecule has 0 amide bonds. The first kappa shape index (κ1) is 11.9. The number of sulfonamides is 1. The van der Waals surface area contributed by atoms with Gasteiger partial charge in [-0.05, 0) is 18.2 Å². The maximum atomic E-state index is 12.8. The van der Waals surface area contributed by atoms with Crippen LogP contribution in [-0.2, 0) is 14.9 Å². The van der Waals surface area contributed by atoms with E-state index in [0.717, 1.165) is 18.2 Å². The molecule has 1 aromatic carbocycles. The Kier molecular flexibility index (Phi) is 3.28. The molecule has 1 rings (SSSR count). The van der Waals surface area contributed by atoms with Crippen LogP contribution in [0.15, 0.2) is 23.1 Å². The smallest absolute Gasteiger partial charge is 0.264 e. The number of hydroxylamine groups is 1. The van der Waals surface area contributed by atoms with Crippen molar-refractivity contribution in [2.75, 3.05) is 19.9 Å². The summed E-state index contributed by atoms with van der Waals surface area (Å²) in [6.45, 7) is 0. The summed E-state index contributed by atoms with van der Waals surface area (Å²) >= 11 is 0. The average Bonchev–Trinajstić information content (AvgIpc) is 2.20. The zero-order valence-electron chi connectivity index (χ0n) is 8.27. The van der Waals surface area contributed by atoms with Gasteiger partial charge in [0.15, 0.2) is 0 Å². The number of anilines is 1. The van der Waals surface area contributed by atoms with Gasteiger partial charge >= 0.3 is 0 Å². The molecule has 0 aliphatic heterocycles. The molecule has 0 bridgehead atoms. The summed E-state index contributed by atoms with van der Waals surface area (Å²) in [7, 11) is -1.32. The minimum absolute atomic E-state index is 0.120. The number of nitrogens with two attached hydrogens (primary N) is 1. The van der Waals surface area contributed by atoms with Crippen LogP contribution in [0.1, 0.15) is 0 Å². The van der Waals surface area contributed by atoms with Crippen molar-refractivity contribution in [1.29, 1.82) is 0 Å². The van der Waals surface area contributed by atoms with Crippen LogP contribution in [0.4, 0.5) is 10.1 Å². The van der Waals surface area contributed by atoms with Crippen LogP contribution >= 0.6 is 0 Å². The Morgan fingerprint density at radius 3 is 2.53 bits per heavy atom. The third kappa shape index (κ3) is 2.25. The Labute approximate surface area is 87.3 Å². The highest BCUT2D eigenvalue weighted by molar-refractivity contribution is 7.89. The van der Waals surface area contributed by atoms with Crippen molar-refractivity contribution in [2.24, 2.45) is 0 Å². The first-order valence-electron chi connectivity index (χ1n) is 3.97. The Balaban J connectivity index is 3.23. The molecule has 7 heteroatoms. The van der Waals surface area contributed by atoms with Crippen molar-refractivity contribution in [3.63, 3.8) is 0 Å². The molecular weight excluding hydrogens is 223 g/mol. The largest absolute Gasteiger partial charge is 0.396 e. The zero-order valence-corrected chi connectivity index (χ0v) is 9.08. The Hall–Kier alpha value is -1.18. The molecule has 0 heterocycles. The normalized spacial score (nSPS) is 12.0. The second-order valence-electron chi connectivity index (χ2n) is 2.78. The predicted octanol–water partition coefficient (Wildman–Crippen LogP) is 0.590. The Bertz CT molecular complexity index is 461. The molecule has 1 aromatic rings. The number of halogens is 1. The number of nitrogens with zero attached hydrogens (tertiary/aromatic N) is 1. The topological polar surface area (TPSA) is 72.6 Å². The SMILES string of the molecule is CON(C)S(=O)(=O)c1ccc(F)c(N)c1. The van der Waals surface area contributed by atoms with Crippen molar-refractivity contribution in [3.05, 3.63) is 24.0 Å². The molecule has 5 nitrogen and oxygen atoms in total. The second-order valence-corrected chi connectivity index (χ2v) is 4.72. The Morgan fingerprint density at radius 1 is 1.47 bits per heavy atom. The van der Waals surface area contributed by atoms with E-state index in [1.807, 2.05) is 0 Å². The first-order chi connectivity index (χ1) is 6.89. The minimum atomic E-state index is -3.76. The third-order valence-electron chi connectivity index (χ3n) is 1.86. The van der Waals surface area contributed by atoms with Crippen molar-refractivity contribution < 1.29 is 17.6 Å². The van der Waals surface area contributed by atoms with Gasteiger partial charge in [0.25, 0.3) is 10.0 Å². The first-order valence-corrected chi connectivity index (χ1v) is 5.41. The monoisotopic (exact) mass is 234 g/mol. The van der Waals surface area contributed by atoms with E-state index < -0.39 is 15.8 Å². The van der Waals surface area contributed by atoms with E-state index in [1.54, 1.807) is 0 Å². The van der Waals surface area contributed by atoms with Crippen LogP contribution in [0.25, 0.3) is 0 Å². The molecule has 2 N–H and O–H groups in total. The highest BCUT2D eigenvalue weighted by Crippen LogP contribution is 2.19. The molecule has 0 unspecified atom stereocenters. The summed E-state index contributed by atoms with van der Waals surface area (Å²) in [5.74, 6) is -0.658. The number of rotatable bonds is 3. The van der Waals surface area contributed by atoms with Crippen LogP contribution in [0, 0.1) is 5.82 Å². The molecule has 0 saturated carbocycles. The van der Waals surface area contributed by atoms with Gasteiger partial charge in [-0.25, -0.2) is 12.8 Å². The van der Waals surface area contributed by atoms with E-state index in [0.29, 0.717) is 4.47 Å². The van der Waals surface area contributed by atoms with Crippen molar-refractivity contribution in [3.8, 4) is 0 Å². The van der Waals surface area contributed by atoms with Crippen LogP contribution in [-0.4, -0.2) is 27.0 Å². The predicted molar refractivity (Wildman–Crippen MR) is 52.8 cm³/mol. The fourth-order valence-corrected chi connectivity index (χ4v) is 1.94. The zero-order chi connectivity index (χ0) is 11.6. The van der Waals surface area contributed by atoms with E-state index in [1.165, 1.54) is 14.2 Å². The van der Waals surface area contributed by atoms with Crippen LogP contribution in [0.2, 0.25) is 0 Å². The van der Waals surface area contributed by atoms with Gasteiger partial charge in [0.2, 0.25) is 0 Å². The summed E-state index contributed by atoms with van der Waals surface area (Å²) in [6, 6.07) is 3.16. The molecule has 0 aromatic heterocycles. The fraction of sp³-hybridized carbons (Fsp3) is 0.250. The van der Waals surface area contributed by atoms with E-state index >= 15 is 0 Å². The summed E-state index contributed by atoms with van der Waals surface area (Å²) in [6.07, 6.45) is 0. The van der Waals surface area contributed by atoms with Gasteiger partial charge in [-0.15, -0.1) is 0 Å². The van der Waals surface area contributed by atoms with Crippen LogP contribution in [0.5, 0.6) is 0 Å². The van der Waals surface area contributed by atoms with Gasteiger partial charge in [-0.3, -0.25) is 4.84 Å². The standard InChI is InChI=1S/C8H11FN2O3S/c1-11(14-2)15(12,13)6-3-4-7(9)8(10)5-6/h3-5H,10H2,1-2H3. The lowest BCUT2D eigenvalue weighted by Crippen LogP contribution is -2.25. The minimum Gasteiger partial charge on any atom is -0.396 e. The van der Waals surface area contributed by atoms with Gasteiger partial charge in [0, 0.05) is 7.05 Å². The number of hydrogen-bond donors (Lipinski definition) is 1. The summed E-state index contributed by atoms with van der Waals surface area (Å²) < 4.78 is 36.8. The van der Waals surface area contributed by atoms with Gasteiger partial charge in [0.1, 0.15) is 5.82 Å². The van der Waals surface area contributed by atoms with Crippen LogP contribution < -0.4 is 5.73 Å². The number of nitrogen functional groups attached to an aromatic ring is 1. The van der Waals surface area contributed by atoms with Gasteiger partial charge in [-0.1, -0.05) is 4.47 Å².